The van der Waals surface area contributed by atoms with Crippen LogP contribution in [-0.4, -0.2) is 42.1 Å². The van der Waals surface area contributed by atoms with Crippen molar-refractivity contribution >= 4 is 22.8 Å². The van der Waals surface area contributed by atoms with Crippen molar-refractivity contribution in [2.45, 2.75) is 31.3 Å². The number of piperidine rings is 1. The van der Waals surface area contributed by atoms with E-state index in [0.717, 1.165) is 22.0 Å². The lowest BCUT2D eigenvalue weighted by Gasteiger charge is -2.37. The Balaban J connectivity index is 1.35. The summed E-state index contributed by atoms with van der Waals surface area (Å²) < 4.78 is 26.6. The molecule has 1 aliphatic rings. The van der Waals surface area contributed by atoms with E-state index in [9.17, 15) is 18.4 Å². The number of amides is 3. The first-order valence-corrected chi connectivity index (χ1v) is 11.0. The Hall–Kier alpha value is -3.46. The molecule has 174 valence electrons. The predicted molar refractivity (Wildman–Crippen MR) is 122 cm³/mol. The van der Waals surface area contributed by atoms with E-state index in [1.807, 2.05) is 6.20 Å². The van der Waals surface area contributed by atoms with Crippen molar-refractivity contribution in [3.63, 3.8) is 0 Å². The molecule has 1 aliphatic heterocycles. The van der Waals surface area contributed by atoms with Gasteiger partial charge < -0.3 is 26.3 Å². The normalized spacial score (nSPS) is 15.2. The molecule has 1 aromatic heterocycles. The molecule has 2 aromatic carbocycles. The van der Waals surface area contributed by atoms with Crippen LogP contribution in [0.4, 0.5) is 13.6 Å². The lowest BCUT2D eigenvalue weighted by Crippen LogP contribution is -2.64. The number of halogens is 2. The summed E-state index contributed by atoms with van der Waals surface area (Å²) >= 11 is 0. The predicted octanol–water partition coefficient (Wildman–Crippen LogP) is 2.73. The number of rotatable bonds is 7. The minimum absolute atomic E-state index is 0.221. The monoisotopic (exact) mass is 455 g/mol. The van der Waals surface area contributed by atoms with Gasteiger partial charge in [-0.2, -0.15) is 0 Å². The molecule has 1 fully saturated rings. The van der Waals surface area contributed by atoms with E-state index >= 15 is 0 Å². The third kappa shape index (κ3) is 5.48. The number of H-pyrrole nitrogens is 1. The third-order valence-electron chi connectivity index (χ3n) is 6.02. The first-order valence-electron chi connectivity index (χ1n) is 11.0. The summed E-state index contributed by atoms with van der Waals surface area (Å²) in [6, 6.07) is 9.97. The number of hydrogen-bond acceptors (Lipinski definition) is 3. The average Bonchev–Trinajstić information content (AvgIpc) is 3.21. The second-order valence-corrected chi connectivity index (χ2v) is 8.28. The van der Waals surface area contributed by atoms with Crippen molar-refractivity contribution in [1.82, 2.24) is 26.3 Å². The largest absolute Gasteiger partial charge is 0.361 e. The molecule has 7 nitrogen and oxygen atoms in total. The van der Waals surface area contributed by atoms with Crippen LogP contribution in [0.2, 0.25) is 0 Å². The molecule has 0 unspecified atom stereocenters. The fourth-order valence-electron chi connectivity index (χ4n) is 4.15. The molecule has 3 aromatic rings. The summed E-state index contributed by atoms with van der Waals surface area (Å²) in [4.78, 5) is 28.8. The van der Waals surface area contributed by atoms with Gasteiger partial charge in [0.1, 0.15) is 17.2 Å². The van der Waals surface area contributed by atoms with E-state index in [0.29, 0.717) is 38.9 Å². The van der Waals surface area contributed by atoms with Crippen LogP contribution in [0, 0.1) is 11.6 Å². The summed E-state index contributed by atoms with van der Waals surface area (Å²) in [5.41, 5.74) is 1.48. The number of fused-ring (bicyclic) bond motifs is 1. The molecule has 2 heterocycles. The maximum absolute atomic E-state index is 13.6. The fourth-order valence-corrected chi connectivity index (χ4v) is 4.15. The third-order valence-corrected chi connectivity index (χ3v) is 6.02. The van der Waals surface area contributed by atoms with Gasteiger partial charge in [-0.1, -0.05) is 12.1 Å². The van der Waals surface area contributed by atoms with Crippen LogP contribution >= 0.6 is 0 Å². The maximum atomic E-state index is 13.6. The summed E-state index contributed by atoms with van der Waals surface area (Å²) in [5.74, 6) is -0.893. The van der Waals surface area contributed by atoms with Gasteiger partial charge in [-0.3, -0.25) is 4.79 Å². The number of aromatic amines is 1. The summed E-state index contributed by atoms with van der Waals surface area (Å²) in [6.45, 7) is 1.79. The number of carbonyl (C=O) groups excluding carboxylic acids is 2. The van der Waals surface area contributed by atoms with Gasteiger partial charge in [0.2, 0.25) is 5.91 Å². The van der Waals surface area contributed by atoms with Crippen LogP contribution in [0.25, 0.3) is 10.9 Å². The molecule has 0 saturated carbocycles. The van der Waals surface area contributed by atoms with Crippen molar-refractivity contribution in [3.05, 3.63) is 71.4 Å². The molecule has 0 radical (unpaired) electrons. The highest BCUT2D eigenvalue weighted by molar-refractivity contribution is 5.91. The Morgan fingerprint density at radius 3 is 2.45 bits per heavy atom. The Morgan fingerprint density at radius 2 is 1.70 bits per heavy atom. The van der Waals surface area contributed by atoms with Gasteiger partial charge in [0.25, 0.3) is 0 Å². The van der Waals surface area contributed by atoms with Gasteiger partial charge >= 0.3 is 6.03 Å². The average molecular weight is 456 g/mol. The van der Waals surface area contributed by atoms with Crippen LogP contribution in [0.3, 0.4) is 0 Å². The molecule has 0 aliphatic carbocycles. The fraction of sp³-hybridized carbons (Fsp3) is 0.333. The number of benzene rings is 2. The highest BCUT2D eigenvalue weighted by Crippen LogP contribution is 2.21. The molecule has 5 N–H and O–H groups in total. The van der Waals surface area contributed by atoms with Gasteiger partial charge in [0, 0.05) is 30.2 Å². The van der Waals surface area contributed by atoms with Crippen LogP contribution in [0.15, 0.2) is 48.7 Å². The van der Waals surface area contributed by atoms with E-state index in [4.69, 9.17) is 0 Å². The van der Waals surface area contributed by atoms with Crippen molar-refractivity contribution < 1.29 is 18.4 Å². The van der Waals surface area contributed by atoms with E-state index in [1.165, 1.54) is 24.3 Å². The molecule has 9 heteroatoms. The topological polar surface area (TPSA) is 98.1 Å². The van der Waals surface area contributed by atoms with Gasteiger partial charge in [-0.25, -0.2) is 13.6 Å². The number of urea groups is 1. The van der Waals surface area contributed by atoms with E-state index in [2.05, 4.69) is 26.3 Å². The Kier molecular flexibility index (Phi) is 6.88. The molecule has 1 saturated heterocycles. The van der Waals surface area contributed by atoms with Gasteiger partial charge in [0.15, 0.2) is 0 Å². The number of nitrogens with one attached hydrogen (secondary N) is 5. The first-order chi connectivity index (χ1) is 15.9. The number of carbonyl (C=O) groups is 2. The van der Waals surface area contributed by atoms with Gasteiger partial charge in [0.05, 0.1) is 0 Å². The Morgan fingerprint density at radius 1 is 0.970 bits per heavy atom. The SMILES string of the molecule is O=C(NCc1ccc(F)cc1)NC1(C(=O)NCCc2c[nH]c3ccc(F)cc23)CCNCC1. The minimum atomic E-state index is -1.02. The molecule has 3 amide bonds. The summed E-state index contributed by atoms with van der Waals surface area (Å²) in [5, 5.41) is 12.5. The summed E-state index contributed by atoms with van der Waals surface area (Å²) in [7, 11) is 0. The highest BCUT2D eigenvalue weighted by atomic mass is 19.1. The molecular weight excluding hydrogens is 428 g/mol. The Labute approximate surface area is 190 Å². The zero-order valence-electron chi connectivity index (χ0n) is 18.1. The maximum Gasteiger partial charge on any atom is 0.315 e. The minimum Gasteiger partial charge on any atom is -0.361 e. The van der Waals surface area contributed by atoms with Crippen LogP contribution in [0.1, 0.15) is 24.0 Å². The van der Waals surface area contributed by atoms with Crippen molar-refractivity contribution in [2.75, 3.05) is 19.6 Å². The zero-order chi connectivity index (χ0) is 23.3. The molecule has 4 rings (SSSR count). The Bertz CT molecular complexity index is 1120. The van der Waals surface area contributed by atoms with Gasteiger partial charge in [-0.15, -0.1) is 0 Å². The highest BCUT2D eigenvalue weighted by Gasteiger charge is 2.40. The number of aromatic nitrogens is 1. The van der Waals surface area contributed by atoms with Crippen molar-refractivity contribution in [3.8, 4) is 0 Å². The van der Waals surface area contributed by atoms with Crippen LogP contribution in [-0.2, 0) is 17.8 Å². The molecular formula is C24H27F2N5O2. The van der Waals surface area contributed by atoms with Crippen molar-refractivity contribution in [2.24, 2.45) is 0 Å². The van der Waals surface area contributed by atoms with Crippen molar-refractivity contribution in [1.29, 1.82) is 0 Å². The molecule has 0 atom stereocenters. The van der Waals surface area contributed by atoms with Crippen LogP contribution in [0.5, 0.6) is 0 Å². The van der Waals surface area contributed by atoms with E-state index in [-0.39, 0.29) is 24.1 Å². The van der Waals surface area contributed by atoms with Crippen LogP contribution < -0.4 is 21.3 Å². The second kappa shape index (κ2) is 9.99. The number of hydrogen-bond donors (Lipinski definition) is 5. The zero-order valence-corrected chi connectivity index (χ0v) is 18.1. The quantitative estimate of drug-likeness (QED) is 0.379. The van der Waals surface area contributed by atoms with E-state index in [1.54, 1.807) is 18.2 Å². The smallest absolute Gasteiger partial charge is 0.315 e. The van der Waals surface area contributed by atoms with Gasteiger partial charge in [-0.05, 0) is 73.8 Å². The molecule has 33 heavy (non-hydrogen) atoms. The lowest BCUT2D eigenvalue weighted by atomic mass is 9.87. The summed E-state index contributed by atoms with van der Waals surface area (Å²) in [6.07, 6.45) is 3.26. The standard InChI is InChI=1S/C24H27F2N5O2/c25-18-3-1-16(2-4-18)14-30-23(33)31-24(8-11-27-12-9-24)22(32)28-10-7-17-15-29-21-6-5-19(26)13-20(17)21/h1-6,13,15,27,29H,7-12,14H2,(H,28,32)(H2,30,31,33). The first kappa shape index (κ1) is 22.7. The van der Waals surface area contributed by atoms with E-state index < -0.39 is 11.6 Å². The lowest BCUT2D eigenvalue weighted by molar-refractivity contribution is -0.128. The molecule has 0 spiro atoms. The second-order valence-electron chi connectivity index (χ2n) is 8.28. The molecule has 0 bridgehead atoms.